The summed E-state index contributed by atoms with van der Waals surface area (Å²) in [7, 11) is -3.68. The second-order valence-electron chi connectivity index (χ2n) is 6.79. The van der Waals surface area contributed by atoms with Gasteiger partial charge in [0.1, 0.15) is 5.75 Å². The number of ether oxygens (including phenoxy) is 1. The van der Waals surface area contributed by atoms with Crippen molar-refractivity contribution in [3.05, 3.63) is 23.8 Å². The Morgan fingerprint density at radius 1 is 1.30 bits per heavy atom. The Bertz CT molecular complexity index is 740. The maximum atomic E-state index is 12.1. The first-order valence-electron chi connectivity index (χ1n) is 9.38. The van der Waals surface area contributed by atoms with Crippen LogP contribution in [0, 0.1) is 0 Å². The van der Waals surface area contributed by atoms with Crippen molar-refractivity contribution >= 4 is 21.7 Å². The second-order valence-corrected chi connectivity index (χ2v) is 8.36. The third-order valence-electron chi connectivity index (χ3n) is 4.68. The maximum absolute atomic E-state index is 12.1. The van der Waals surface area contributed by atoms with Crippen LogP contribution in [0.15, 0.2) is 18.2 Å². The summed E-state index contributed by atoms with van der Waals surface area (Å²) in [5.74, 6) is 0.184. The zero-order valence-corrected chi connectivity index (χ0v) is 17.4. The van der Waals surface area contributed by atoms with E-state index in [0.717, 1.165) is 44.5 Å². The Morgan fingerprint density at radius 2 is 2.00 bits per heavy atom. The van der Waals surface area contributed by atoms with Crippen LogP contribution in [0.1, 0.15) is 39.2 Å². The van der Waals surface area contributed by atoms with Gasteiger partial charge in [-0.2, -0.15) is 8.42 Å². The summed E-state index contributed by atoms with van der Waals surface area (Å²) < 4.78 is 34.3. The fraction of sp³-hybridized carbons (Fsp3) is 0.632. The van der Waals surface area contributed by atoms with Crippen molar-refractivity contribution in [3.63, 3.8) is 0 Å². The molecule has 0 aliphatic carbocycles. The molecule has 0 saturated carbocycles. The molecule has 1 atom stereocenters. The van der Waals surface area contributed by atoms with E-state index in [1.54, 1.807) is 11.0 Å². The third-order valence-corrected chi connectivity index (χ3v) is 5.16. The molecule has 0 radical (unpaired) electrons. The molecule has 1 aliphatic rings. The molecule has 7 nitrogen and oxygen atoms in total. The molecule has 0 N–H and O–H groups in total. The Balaban J connectivity index is 2.30. The Morgan fingerprint density at radius 3 is 2.52 bits per heavy atom. The van der Waals surface area contributed by atoms with Crippen molar-refractivity contribution in [1.82, 2.24) is 4.90 Å². The molecule has 1 amide bonds. The van der Waals surface area contributed by atoms with Gasteiger partial charge in [0.15, 0.2) is 0 Å². The second kappa shape index (κ2) is 9.41. The van der Waals surface area contributed by atoms with E-state index in [1.807, 2.05) is 26.0 Å². The van der Waals surface area contributed by atoms with Crippen molar-refractivity contribution < 1.29 is 22.1 Å². The fourth-order valence-electron chi connectivity index (χ4n) is 3.24. The topological polar surface area (TPSA) is 76.2 Å². The lowest BCUT2D eigenvalue weighted by Gasteiger charge is -2.26. The summed E-state index contributed by atoms with van der Waals surface area (Å²) in [4.78, 5) is 15.9. The Hall–Kier alpha value is -1.80. The van der Waals surface area contributed by atoms with E-state index < -0.39 is 10.1 Å². The lowest BCUT2D eigenvalue weighted by Crippen LogP contribution is -2.35. The van der Waals surface area contributed by atoms with Crippen LogP contribution in [0.3, 0.4) is 0 Å². The first-order chi connectivity index (χ1) is 12.7. The van der Waals surface area contributed by atoms with Crippen LogP contribution in [0.2, 0.25) is 0 Å². The number of carbonyl (C=O) groups excluding carboxylic acids is 1. The zero-order chi connectivity index (χ0) is 20.0. The van der Waals surface area contributed by atoms with Gasteiger partial charge in [0.2, 0.25) is 5.91 Å². The van der Waals surface area contributed by atoms with Gasteiger partial charge in [-0.25, -0.2) is 0 Å². The lowest BCUT2D eigenvalue weighted by molar-refractivity contribution is -0.131. The Labute approximate surface area is 162 Å². The van der Waals surface area contributed by atoms with E-state index in [2.05, 4.69) is 4.90 Å². The van der Waals surface area contributed by atoms with Gasteiger partial charge in [-0.1, -0.05) is 6.07 Å². The molecular weight excluding hydrogens is 368 g/mol. The molecule has 1 aromatic carbocycles. The van der Waals surface area contributed by atoms with Gasteiger partial charge in [-0.15, -0.1) is 0 Å². The number of hydrogen-bond acceptors (Lipinski definition) is 6. The Kier molecular flexibility index (Phi) is 7.49. The van der Waals surface area contributed by atoms with E-state index in [9.17, 15) is 13.2 Å². The monoisotopic (exact) mass is 398 g/mol. The standard InChI is InChI=1S/C19H30N2O5S/c1-5-20(6-2)17-10-9-16(19(12-17)26-27(4,23)24)13-21(15(3)22)14-18-8-7-11-25-18/h9-10,12,18H,5-8,11,13-14H2,1-4H3. The zero-order valence-electron chi connectivity index (χ0n) is 16.6. The van der Waals surface area contributed by atoms with Crippen LogP contribution in [0.4, 0.5) is 5.69 Å². The first-order valence-corrected chi connectivity index (χ1v) is 11.2. The summed E-state index contributed by atoms with van der Waals surface area (Å²) in [6.45, 7) is 8.67. The first kappa shape index (κ1) is 21.5. The van der Waals surface area contributed by atoms with Gasteiger partial charge in [0.25, 0.3) is 0 Å². The van der Waals surface area contributed by atoms with E-state index in [0.29, 0.717) is 12.1 Å². The summed E-state index contributed by atoms with van der Waals surface area (Å²) >= 11 is 0. The van der Waals surface area contributed by atoms with Crippen LogP contribution >= 0.6 is 0 Å². The van der Waals surface area contributed by atoms with E-state index in [1.165, 1.54) is 6.92 Å². The molecule has 1 fully saturated rings. The molecule has 1 aromatic rings. The highest BCUT2D eigenvalue weighted by atomic mass is 32.2. The minimum absolute atomic E-state index is 0.0307. The number of rotatable bonds is 9. The van der Waals surface area contributed by atoms with Crippen molar-refractivity contribution in [3.8, 4) is 5.75 Å². The average molecular weight is 399 g/mol. The number of nitrogens with zero attached hydrogens (tertiary/aromatic N) is 2. The molecule has 152 valence electrons. The number of amides is 1. The molecular formula is C19H30N2O5S. The largest absolute Gasteiger partial charge is 0.382 e. The van der Waals surface area contributed by atoms with Crippen LogP contribution < -0.4 is 9.08 Å². The maximum Gasteiger partial charge on any atom is 0.306 e. The molecule has 8 heteroatoms. The molecule has 1 unspecified atom stereocenters. The van der Waals surface area contributed by atoms with Gasteiger partial charge in [0, 0.05) is 57.0 Å². The normalized spacial score (nSPS) is 17.0. The third kappa shape index (κ3) is 6.39. The predicted octanol–water partition coefficient (Wildman–Crippen LogP) is 2.40. The van der Waals surface area contributed by atoms with Crippen LogP contribution in [-0.2, 0) is 26.2 Å². The highest BCUT2D eigenvalue weighted by Gasteiger charge is 2.23. The lowest BCUT2D eigenvalue weighted by atomic mass is 10.1. The highest BCUT2D eigenvalue weighted by Crippen LogP contribution is 2.28. The summed E-state index contributed by atoms with van der Waals surface area (Å²) in [5, 5.41) is 0. The van der Waals surface area contributed by atoms with Crippen LogP contribution in [0.25, 0.3) is 0 Å². The minimum Gasteiger partial charge on any atom is -0.382 e. The van der Waals surface area contributed by atoms with Crippen molar-refractivity contribution in [1.29, 1.82) is 0 Å². The number of hydrogen-bond donors (Lipinski definition) is 0. The smallest absolute Gasteiger partial charge is 0.306 e. The summed E-state index contributed by atoms with van der Waals surface area (Å²) in [5.41, 5.74) is 1.54. The SMILES string of the molecule is CCN(CC)c1ccc(CN(CC2CCCO2)C(C)=O)c(OS(C)(=O)=O)c1. The molecule has 1 saturated heterocycles. The van der Waals surface area contributed by atoms with E-state index >= 15 is 0 Å². The van der Waals surface area contributed by atoms with Crippen molar-refractivity contribution in [2.45, 2.75) is 46.3 Å². The quantitative estimate of drug-likeness (QED) is 0.595. The minimum atomic E-state index is -3.68. The van der Waals surface area contributed by atoms with Gasteiger partial charge in [0.05, 0.1) is 12.4 Å². The number of carbonyl (C=O) groups is 1. The van der Waals surface area contributed by atoms with Crippen molar-refractivity contribution in [2.75, 3.05) is 37.4 Å². The predicted molar refractivity (Wildman–Crippen MR) is 106 cm³/mol. The molecule has 0 spiro atoms. The summed E-state index contributed by atoms with van der Waals surface area (Å²) in [6.07, 6.45) is 2.98. The van der Waals surface area contributed by atoms with Crippen LogP contribution in [-0.4, -0.2) is 57.8 Å². The van der Waals surface area contributed by atoms with Gasteiger partial charge in [-0.05, 0) is 32.8 Å². The van der Waals surface area contributed by atoms with Gasteiger partial charge < -0.3 is 18.7 Å². The van der Waals surface area contributed by atoms with Gasteiger partial charge in [-0.3, -0.25) is 4.79 Å². The van der Waals surface area contributed by atoms with E-state index in [-0.39, 0.29) is 24.3 Å². The molecule has 1 aliphatic heterocycles. The van der Waals surface area contributed by atoms with E-state index in [4.69, 9.17) is 8.92 Å². The molecule has 0 aromatic heterocycles. The molecule has 2 rings (SSSR count). The highest BCUT2D eigenvalue weighted by molar-refractivity contribution is 7.86. The molecule has 1 heterocycles. The average Bonchev–Trinajstić information content (AvgIpc) is 3.09. The summed E-state index contributed by atoms with van der Waals surface area (Å²) in [6, 6.07) is 5.50. The van der Waals surface area contributed by atoms with Gasteiger partial charge >= 0.3 is 10.1 Å². The number of benzene rings is 1. The molecule has 0 bridgehead atoms. The number of anilines is 1. The molecule has 27 heavy (non-hydrogen) atoms. The fourth-order valence-corrected chi connectivity index (χ4v) is 3.73. The van der Waals surface area contributed by atoms with Crippen molar-refractivity contribution in [2.24, 2.45) is 0 Å². The van der Waals surface area contributed by atoms with Crippen LogP contribution in [0.5, 0.6) is 5.75 Å².